The number of terminal acetylenes is 1. The highest BCUT2D eigenvalue weighted by Gasteiger charge is 2.26. The number of aromatic nitrogens is 2. The van der Waals surface area contributed by atoms with Gasteiger partial charge in [0.1, 0.15) is 5.65 Å². The Morgan fingerprint density at radius 3 is 2.58 bits per heavy atom. The zero-order chi connectivity index (χ0) is 25.2. The summed E-state index contributed by atoms with van der Waals surface area (Å²) < 4.78 is 39.1. The average Bonchev–Trinajstić information content (AvgIpc) is 3.22. The highest BCUT2D eigenvalue weighted by atomic mass is 32.3. The maximum atomic E-state index is 13.9. The third-order valence-electron chi connectivity index (χ3n) is 7.39. The van der Waals surface area contributed by atoms with Crippen molar-refractivity contribution in [2.75, 3.05) is 0 Å². The lowest BCUT2D eigenvalue weighted by molar-refractivity contribution is 0.327. The summed E-state index contributed by atoms with van der Waals surface area (Å²) >= 11 is 0. The van der Waals surface area contributed by atoms with Crippen molar-refractivity contribution in [3.05, 3.63) is 75.9 Å². The molecule has 180 valence electrons. The van der Waals surface area contributed by atoms with Crippen molar-refractivity contribution < 1.29 is 12.3 Å². The Morgan fingerprint density at radius 2 is 1.92 bits per heavy atom. The fourth-order valence-electron chi connectivity index (χ4n) is 5.35. The fourth-order valence-corrected chi connectivity index (χ4v) is 5.86. The molecule has 36 heavy (non-hydrogen) atoms. The highest BCUT2D eigenvalue weighted by Crippen LogP contribution is 2.39. The normalized spacial score (nSPS) is 14.4. The van der Waals surface area contributed by atoms with Gasteiger partial charge < -0.3 is 9.55 Å². The van der Waals surface area contributed by atoms with Crippen molar-refractivity contribution in [1.82, 2.24) is 9.55 Å². The molecule has 1 N–H and O–H groups in total. The van der Waals surface area contributed by atoms with Gasteiger partial charge in [-0.15, -0.1) is 10.3 Å². The molecule has 1 saturated carbocycles. The number of rotatable bonds is 4. The van der Waals surface area contributed by atoms with Gasteiger partial charge in [0.2, 0.25) is 0 Å². The van der Waals surface area contributed by atoms with E-state index in [2.05, 4.69) is 15.5 Å². The molecule has 6 rings (SSSR count). The number of benzene rings is 3. The summed E-state index contributed by atoms with van der Waals surface area (Å²) in [4.78, 5) is 17.0. The van der Waals surface area contributed by atoms with E-state index in [1.54, 1.807) is 6.07 Å². The Balaban J connectivity index is 1.74. The average molecular weight is 499 g/mol. The molecule has 0 spiro atoms. The summed E-state index contributed by atoms with van der Waals surface area (Å²) in [6.45, 7) is 1.98. The molecule has 0 atom stereocenters. The first-order valence-electron chi connectivity index (χ1n) is 12.0. The van der Waals surface area contributed by atoms with Crippen LogP contribution in [0.4, 0.5) is 3.89 Å². The molecule has 0 bridgehead atoms. The summed E-state index contributed by atoms with van der Waals surface area (Å²) in [5.74, 6) is 2.65. The number of H-pyrrole nitrogens is 1. The van der Waals surface area contributed by atoms with E-state index in [9.17, 15) is 17.1 Å². The monoisotopic (exact) mass is 498 g/mol. The number of nitrogens with zero attached hydrogens (tertiary/aromatic N) is 1. The van der Waals surface area contributed by atoms with Crippen molar-refractivity contribution in [2.24, 2.45) is 0 Å². The van der Waals surface area contributed by atoms with Gasteiger partial charge in [-0.1, -0.05) is 31.0 Å². The van der Waals surface area contributed by atoms with Gasteiger partial charge >= 0.3 is 10.2 Å². The van der Waals surface area contributed by atoms with Crippen LogP contribution in [0.25, 0.3) is 44.0 Å². The zero-order valence-corrected chi connectivity index (χ0v) is 20.5. The minimum atomic E-state index is -4.84. The van der Waals surface area contributed by atoms with Crippen molar-refractivity contribution in [2.45, 2.75) is 43.5 Å². The second kappa shape index (κ2) is 8.07. The SMILES string of the molecule is C#Cc1ccc2c(c1)[nH]c1c2c(=O)c2cc(CC)c(-c3cccc(S(=O)(=O)F)c3)cc2n1C1CCC1. The predicted molar refractivity (Wildman–Crippen MR) is 142 cm³/mol. The first-order valence-corrected chi connectivity index (χ1v) is 13.4. The Bertz CT molecular complexity index is 1920. The number of halogens is 1. The van der Waals surface area contributed by atoms with Gasteiger partial charge in [-0.25, -0.2) is 0 Å². The molecule has 7 heteroatoms. The molecular formula is C29H23FN2O3S. The van der Waals surface area contributed by atoms with E-state index < -0.39 is 10.2 Å². The van der Waals surface area contributed by atoms with Crippen molar-refractivity contribution in [3.63, 3.8) is 0 Å². The number of aryl methyl sites for hydroxylation is 1. The number of pyridine rings is 1. The van der Waals surface area contributed by atoms with Crippen LogP contribution >= 0.6 is 0 Å². The largest absolute Gasteiger partial charge is 0.340 e. The van der Waals surface area contributed by atoms with Gasteiger partial charge in [0.15, 0.2) is 5.43 Å². The van der Waals surface area contributed by atoms with Crippen molar-refractivity contribution >= 4 is 43.1 Å². The highest BCUT2D eigenvalue weighted by molar-refractivity contribution is 7.86. The molecule has 0 amide bonds. The lowest BCUT2D eigenvalue weighted by Gasteiger charge is -2.31. The molecule has 1 aliphatic rings. The van der Waals surface area contributed by atoms with Crippen molar-refractivity contribution in [1.29, 1.82) is 0 Å². The molecule has 5 aromatic rings. The van der Waals surface area contributed by atoms with Crippen LogP contribution < -0.4 is 5.43 Å². The standard InChI is InChI=1S/C29H23FN2O3S/c1-3-17-11-12-22-25(13-17)31-29-27(22)28(33)24-15-18(4-2)23(16-26(24)32(29)20-8-6-9-20)19-7-5-10-21(14-19)36(30,34)35/h1,5,7,10-16,20,31H,4,6,8-9H2,2H3. The summed E-state index contributed by atoms with van der Waals surface area (Å²) in [7, 11) is -4.84. The summed E-state index contributed by atoms with van der Waals surface area (Å²) in [5, 5.41) is 2.10. The summed E-state index contributed by atoms with van der Waals surface area (Å²) in [6, 6.07) is 15.6. The third-order valence-corrected chi connectivity index (χ3v) is 8.20. The van der Waals surface area contributed by atoms with Crippen LogP contribution in [-0.2, 0) is 16.6 Å². The molecular weight excluding hydrogens is 475 g/mol. The Labute approximate surface area is 207 Å². The van der Waals surface area contributed by atoms with E-state index in [0.717, 1.165) is 58.0 Å². The predicted octanol–water partition coefficient (Wildman–Crippen LogP) is 6.23. The van der Waals surface area contributed by atoms with E-state index in [-0.39, 0.29) is 16.4 Å². The lowest BCUT2D eigenvalue weighted by Crippen LogP contribution is -2.21. The number of hydrogen-bond acceptors (Lipinski definition) is 3. The quantitative estimate of drug-likeness (QED) is 0.236. The third kappa shape index (κ3) is 3.36. The maximum absolute atomic E-state index is 13.9. The molecule has 1 aliphatic carbocycles. The lowest BCUT2D eigenvalue weighted by atomic mass is 9.90. The van der Waals surface area contributed by atoms with Gasteiger partial charge in [-0.2, -0.15) is 8.42 Å². The van der Waals surface area contributed by atoms with Crippen LogP contribution in [0, 0.1) is 12.3 Å². The molecule has 5 nitrogen and oxygen atoms in total. The first kappa shape index (κ1) is 22.6. The van der Waals surface area contributed by atoms with E-state index in [0.29, 0.717) is 22.8 Å². The van der Waals surface area contributed by atoms with E-state index in [1.807, 2.05) is 37.3 Å². The van der Waals surface area contributed by atoms with Crippen molar-refractivity contribution in [3.8, 4) is 23.5 Å². The van der Waals surface area contributed by atoms with Gasteiger partial charge in [-0.05, 0) is 78.8 Å². The van der Waals surface area contributed by atoms with Gasteiger partial charge in [0, 0.05) is 27.9 Å². The molecule has 1 fully saturated rings. The summed E-state index contributed by atoms with van der Waals surface area (Å²) in [5.41, 5.74) is 5.30. The summed E-state index contributed by atoms with van der Waals surface area (Å²) in [6.07, 6.45) is 9.33. The smallest absolute Gasteiger partial charge is 0.332 e. The molecule has 2 heterocycles. The maximum Gasteiger partial charge on any atom is 0.332 e. The molecule has 0 aliphatic heterocycles. The zero-order valence-electron chi connectivity index (χ0n) is 19.6. The minimum Gasteiger partial charge on any atom is -0.340 e. The molecule has 3 aromatic carbocycles. The van der Waals surface area contributed by atoms with Crippen LogP contribution in [0.5, 0.6) is 0 Å². The number of nitrogens with one attached hydrogen (secondary N) is 1. The topological polar surface area (TPSA) is 71.9 Å². The Hall–Kier alpha value is -3.89. The second-order valence-electron chi connectivity index (χ2n) is 9.38. The van der Waals surface area contributed by atoms with Crippen LogP contribution in [0.15, 0.2) is 64.3 Å². The first-order chi connectivity index (χ1) is 17.3. The Morgan fingerprint density at radius 1 is 1.11 bits per heavy atom. The fraction of sp³-hybridized carbons (Fsp3) is 0.207. The number of hydrogen-bond donors (Lipinski definition) is 1. The van der Waals surface area contributed by atoms with Crippen LogP contribution in [0.3, 0.4) is 0 Å². The number of fused-ring (bicyclic) bond motifs is 4. The second-order valence-corrected chi connectivity index (χ2v) is 10.7. The van der Waals surface area contributed by atoms with Gasteiger partial charge in [-0.3, -0.25) is 4.79 Å². The molecule has 0 radical (unpaired) electrons. The van der Waals surface area contributed by atoms with Gasteiger partial charge in [0.25, 0.3) is 0 Å². The van der Waals surface area contributed by atoms with Crippen LogP contribution in [0.2, 0.25) is 0 Å². The molecule has 0 unspecified atom stereocenters. The Kier molecular flexibility index (Phi) is 5.06. The van der Waals surface area contributed by atoms with E-state index >= 15 is 0 Å². The van der Waals surface area contributed by atoms with E-state index in [1.165, 1.54) is 18.2 Å². The van der Waals surface area contributed by atoms with Gasteiger partial charge in [0.05, 0.1) is 15.8 Å². The molecule has 0 saturated heterocycles. The van der Waals surface area contributed by atoms with Crippen LogP contribution in [-0.4, -0.2) is 18.0 Å². The number of aromatic amines is 1. The van der Waals surface area contributed by atoms with Crippen LogP contribution in [0.1, 0.15) is 43.4 Å². The minimum absolute atomic E-state index is 0.0587. The van der Waals surface area contributed by atoms with E-state index in [4.69, 9.17) is 6.42 Å². The molecule has 2 aromatic heterocycles.